The van der Waals surface area contributed by atoms with E-state index < -0.39 is 0 Å². The van der Waals surface area contributed by atoms with E-state index in [2.05, 4.69) is 83.0 Å². The van der Waals surface area contributed by atoms with E-state index in [1.807, 2.05) is 0 Å². The van der Waals surface area contributed by atoms with Crippen molar-refractivity contribution >= 4 is 17.7 Å². The first kappa shape index (κ1) is 43.3. The Morgan fingerprint density at radius 1 is 0.721 bits per heavy atom. The van der Waals surface area contributed by atoms with Gasteiger partial charge in [0.2, 0.25) is 5.91 Å². The number of nitrogens with one attached hydrogen (secondary N) is 1. The van der Waals surface area contributed by atoms with Gasteiger partial charge in [0.1, 0.15) is 5.82 Å². The van der Waals surface area contributed by atoms with E-state index in [0.717, 1.165) is 87.9 Å². The second-order valence-corrected chi connectivity index (χ2v) is 16.4. The molecular weight excluding hydrogens is 766 g/mol. The van der Waals surface area contributed by atoms with Gasteiger partial charge in [-0.3, -0.25) is 24.2 Å². The molecule has 0 aromatic heterocycles. The molecule has 3 amide bonds. The van der Waals surface area contributed by atoms with Crippen LogP contribution in [0.4, 0.5) is 4.39 Å². The lowest BCUT2D eigenvalue weighted by atomic mass is 9.68. The molecule has 0 fully saturated rings. The van der Waals surface area contributed by atoms with Crippen molar-refractivity contribution in [2.75, 3.05) is 40.4 Å². The number of carbonyl (C=O) groups is 3. The zero-order valence-electron chi connectivity index (χ0n) is 35.5. The summed E-state index contributed by atoms with van der Waals surface area (Å²) in [4.78, 5) is 42.9. The number of unbranched alkanes of at least 4 members (excludes halogenated alkanes) is 2. The molecule has 1 atom stereocenters. The molecule has 0 saturated heterocycles. The van der Waals surface area contributed by atoms with Crippen LogP contribution in [0.1, 0.15) is 112 Å². The van der Waals surface area contributed by atoms with Crippen LogP contribution in [0.5, 0.6) is 11.5 Å². The Morgan fingerprint density at radius 3 is 1.97 bits per heavy atom. The minimum Gasteiger partial charge on any atom is -0.493 e. The van der Waals surface area contributed by atoms with E-state index in [-0.39, 0.29) is 35.0 Å². The van der Waals surface area contributed by atoms with Crippen LogP contribution in [-0.4, -0.2) is 67.9 Å². The van der Waals surface area contributed by atoms with Gasteiger partial charge < -0.3 is 14.8 Å². The van der Waals surface area contributed by atoms with Crippen LogP contribution < -0.4 is 14.8 Å². The van der Waals surface area contributed by atoms with Crippen molar-refractivity contribution in [2.45, 2.75) is 82.1 Å². The Labute approximate surface area is 360 Å². The minimum absolute atomic E-state index is 0.00334. The SMILES string of the molecule is COc1cc2c(cc1OC)C(CCCCCN1C(=O)c3ccccc3C1=O)N(CCCC(CCCNC(=O)CCc1ccc(F)cc1)(c1ccccc1)c1ccccc1)CC2. The highest BCUT2D eigenvalue weighted by Crippen LogP contribution is 2.43. The Morgan fingerprint density at radius 2 is 1.33 bits per heavy atom. The van der Waals surface area contributed by atoms with Crippen molar-refractivity contribution < 1.29 is 28.2 Å². The molecule has 2 heterocycles. The van der Waals surface area contributed by atoms with Gasteiger partial charge in [-0.2, -0.15) is 0 Å². The van der Waals surface area contributed by atoms with Crippen molar-refractivity contribution in [3.8, 4) is 11.5 Å². The number of halogens is 1. The third-order valence-corrected chi connectivity index (χ3v) is 12.7. The average molecular weight is 824 g/mol. The second kappa shape index (κ2) is 20.6. The molecule has 1 unspecified atom stereocenters. The average Bonchev–Trinajstić information content (AvgIpc) is 3.54. The predicted molar refractivity (Wildman–Crippen MR) is 238 cm³/mol. The first-order valence-electron chi connectivity index (χ1n) is 21.9. The van der Waals surface area contributed by atoms with Gasteiger partial charge in [-0.05, 0) is 122 Å². The Bertz CT molecular complexity index is 2170. The third-order valence-electron chi connectivity index (χ3n) is 12.7. The van der Waals surface area contributed by atoms with Crippen LogP contribution in [0.2, 0.25) is 0 Å². The smallest absolute Gasteiger partial charge is 0.261 e. The topological polar surface area (TPSA) is 88.2 Å². The van der Waals surface area contributed by atoms with Gasteiger partial charge in [-0.25, -0.2) is 4.39 Å². The Balaban J connectivity index is 1.03. The van der Waals surface area contributed by atoms with Crippen molar-refractivity contribution in [3.05, 3.63) is 166 Å². The Kier molecular flexibility index (Phi) is 14.7. The molecular formula is C52H58FN3O5. The fourth-order valence-electron chi connectivity index (χ4n) is 9.50. The molecule has 8 nitrogen and oxygen atoms in total. The first-order chi connectivity index (χ1) is 29.8. The van der Waals surface area contributed by atoms with Crippen molar-refractivity contribution in [2.24, 2.45) is 0 Å². The highest BCUT2D eigenvalue weighted by molar-refractivity contribution is 6.21. The summed E-state index contributed by atoms with van der Waals surface area (Å²) >= 11 is 0. The van der Waals surface area contributed by atoms with Gasteiger partial charge >= 0.3 is 0 Å². The molecule has 7 rings (SSSR count). The highest BCUT2D eigenvalue weighted by Gasteiger charge is 2.36. The van der Waals surface area contributed by atoms with Crippen molar-refractivity contribution in [1.82, 2.24) is 15.1 Å². The molecule has 2 aliphatic heterocycles. The molecule has 0 radical (unpaired) electrons. The summed E-state index contributed by atoms with van der Waals surface area (Å²) < 4.78 is 24.9. The second-order valence-electron chi connectivity index (χ2n) is 16.4. The highest BCUT2D eigenvalue weighted by atomic mass is 19.1. The van der Waals surface area contributed by atoms with Crippen LogP contribution in [0.25, 0.3) is 0 Å². The van der Waals surface area contributed by atoms with E-state index in [1.165, 1.54) is 39.3 Å². The van der Waals surface area contributed by atoms with Crippen LogP contribution in [-0.2, 0) is 23.1 Å². The lowest BCUT2D eigenvalue weighted by Crippen LogP contribution is -2.37. The number of hydrogen-bond acceptors (Lipinski definition) is 6. The minimum atomic E-state index is -0.275. The number of nitrogens with zero attached hydrogens (tertiary/aromatic N) is 2. The normalized spacial score (nSPS) is 15.1. The van der Waals surface area contributed by atoms with Gasteiger partial charge in [0.25, 0.3) is 11.8 Å². The lowest BCUT2D eigenvalue weighted by Gasteiger charge is -2.40. The van der Waals surface area contributed by atoms with Gasteiger partial charge in [0, 0.05) is 37.5 Å². The molecule has 0 aliphatic carbocycles. The summed E-state index contributed by atoms with van der Waals surface area (Å²) in [5.41, 5.74) is 6.79. The van der Waals surface area contributed by atoms with Crippen LogP contribution >= 0.6 is 0 Å². The fraction of sp³-hybridized carbons (Fsp3) is 0.365. The van der Waals surface area contributed by atoms with Crippen molar-refractivity contribution in [1.29, 1.82) is 0 Å². The number of carbonyl (C=O) groups excluding carboxylic acids is 3. The molecule has 318 valence electrons. The number of fused-ring (bicyclic) bond motifs is 2. The van der Waals surface area contributed by atoms with Crippen molar-refractivity contribution in [3.63, 3.8) is 0 Å². The molecule has 0 saturated carbocycles. The molecule has 1 N–H and O–H groups in total. The van der Waals surface area contributed by atoms with Gasteiger partial charge in [-0.15, -0.1) is 0 Å². The summed E-state index contributed by atoms with van der Waals surface area (Å²) in [6, 6.07) is 39.5. The standard InChI is InChI=1S/C52H58FN3O5/c1-60-47-36-39-29-35-55(46(45(39)37-48(47)61-2)22-10-5-13-34-56-50(58)43-20-11-12-21-44(43)51(56)59)33-15-31-52(40-16-6-3-7-17-40,41-18-8-4-9-19-41)30-14-32-54-49(57)28-25-38-23-26-42(53)27-24-38/h3-4,6-9,11-12,16-21,23-24,26-27,36-37,46H,5,10,13-15,22,25,28-35H2,1-2H3,(H,54,57). The summed E-state index contributed by atoms with van der Waals surface area (Å²) in [6.07, 6.45) is 8.96. The number of benzene rings is 5. The third kappa shape index (κ3) is 10.2. The van der Waals surface area contributed by atoms with E-state index in [4.69, 9.17) is 9.47 Å². The molecule has 0 bridgehead atoms. The van der Waals surface area contributed by atoms with Crippen LogP contribution in [0.3, 0.4) is 0 Å². The number of rotatable bonds is 21. The summed E-state index contributed by atoms with van der Waals surface area (Å²) in [6.45, 7) is 2.83. The van der Waals surface area contributed by atoms with Crippen LogP contribution in [0.15, 0.2) is 121 Å². The summed E-state index contributed by atoms with van der Waals surface area (Å²) in [5.74, 6) is 0.813. The van der Waals surface area contributed by atoms with Gasteiger partial charge in [0.15, 0.2) is 11.5 Å². The van der Waals surface area contributed by atoms with E-state index in [9.17, 15) is 18.8 Å². The molecule has 61 heavy (non-hydrogen) atoms. The number of aryl methyl sites for hydroxylation is 1. The summed E-state index contributed by atoms with van der Waals surface area (Å²) in [5, 5.41) is 3.16. The number of ether oxygens (including phenoxy) is 2. The molecule has 0 spiro atoms. The number of amides is 3. The predicted octanol–water partition coefficient (Wildman–Crippen LogP) is 9.89. The van der Waals surface area contributed by atoms with Gasteiger partial charge in [-0.1, -0.05) is 97.8 Å². The molecule has 5 aromatic rings. The Hall–Kier alpha value is -5.80. The maximum absolute atomic E-state index is 13.4. The quantitative estimate of drug-likeness (QED) is 0.0586. The van der Waals surface area contributed by atoms with E-state index in [0.29, 0.717) is 37.1 Å². The zero-order valence-corrected chi connectivity index (χ0v) is 35.5. The first-order valence-corrected chi connectivity index (χ1v) is 21.9. The number of methoxy groups -OCH3 is 2. The zero-order chi connectivity index (χ0) is 42.6. The van der Waals surface area contributed by atoms with E-state index in [1.54, 1.807) is 50.6 Å². The number of hydrogen-bond donors (Lipinski definition) is 1. The molecule has 5 aromatic carbocycles. The summed E-state index contributed by atoms with van der Waals surface area (Å²) in [7, 11) is 3.37. The monoisotopic (exact) mass is 823 g/mol. The maximum atomic E-state index is 13.4. The van der Waals surface area contributed by atoms with E-state index >= 15 is 0 Å². The van der Waals surface area contributed by atoms with Gasteiger partial charge in [0.05, 0.1) is 25.3 Å². The molecule has 9 heteroatoms. The lowest BCUT2D eigenvalue weighted by molar-refractivity contribution is -0.121. The van der Waals surface area contributed by atoms with Crippen LogP contribution in [0, 0.1) is 5.82 Å². The number of imide groups is 1. The molecule has 2 aliphatic rings. The maximum Gasteiger partial charge on any atom is 0.261 e. The fourth-order valence-corrected chi connectivity index (χ4v) is 9.50. The largest absolute Gasteiger partial charge is 0.493 e.